The predicted octanol–water partition coefficient (Wildman–Crippen LogP) is 3.03. The van der Waals surface area contributed by atoms with Crippen LogP contribution in [0.15, 0.2) is 54.6 Å². The van der Waals surface area contributed by atoms with Gasteiger partial charge in [0.2, 0.25) is 5.91 Å². The smallest absolute Gasteiger partial charge is 0.254 e. The maximum Gasteiger partial charge on any atom is 0.254 e. The highest BCUT2D eigenvalue weighted by Crippen LogP contribution is 2.20. The third-order valence-electron chi connectivity index (χ3n) is 5.79. The van der Waals surface area contributed by atoms with E-state index in [1.165, 1.54) is 4.90 Å². The van der Waals surface area contributed by atoms with E-state index in [9.17, 15) is 19.2 Å². The van der Waals surface area contributed by atoms with Crippen molar-refractivity contribution in [2.45, 2.75) is 44.6 Å². The van der Waals surface area contributed by atoms with Crippen LogP contribution in [-0.4, -0.2) is 59.0 Å². The summed E-state index contributed by atoms with van der Waals surface area (Å²) in [4.78, 5) is 28.9. The second kappa shape index (κ2) is 10.9. The lowest BCUT2D eigenvalue weighted by Gasteiger charge is -2.34. The molecule has 1 N–H and O–H groups in total. The SMILES string of the molecule is CC(C)(CN(Cc1ccc(C#N)cc1)C(=O)c1ccccc1)NCC(=O)N1C[C@@H](F)C[C@H]1C#N. The molecular formula is C26H28FN5O2. The normalized spacial score (nSPS) is 17.6. The van der Waals surface area contributed by atoms with Gasteiger partial charge in [-0.2, -0.15) is 10.5 Å². The zero-order chi connectivity index (χ0) is 24.7. The number of halogens is 1. The molecule has 0 saturated carbocycles. The summed E-state index contributed by atoms with van der Waals surface area (Å²) in [6.07, 6.45) is -1.15. The molecule has 2 atom stereocenters. The van der Waals surface area contributed by atoms with E-state index < -0.39 is 17.8 Å². The first-order valence-corrected chi connectivity index (χ1v) is 11.1. The number of hydrogen-bond acceptors (Lipinski definition) is 5. The number of rotatable bonds is 8. The van der Waals surface area contributed by atoms with E-state index >= 15 is 0 Å². The third-order valence-corrected chi connectivity index (χ3v) is 5.79. The summed E-state index contributed by atoms with van der Waals surface area (Å²) in [7, 11) is 0. The van der Waals surface area contributed by atoms with Gasteiger partial charge in [0.15, 0.2) is 0 Å². The molecule has 2 aromatic rings. The molecule has 34 heavy (non-hydrogen) atoms. The fraction of sp³-hybridized carbons (Fsp3) is 0.385. The number of nitrogens with one attached hydrogen (secondary N) is 1. The van der Waals surface area contributed by atoms with Crippen LogP contribution in [0.2, 0.25) is 0 Å². The Balaban J connectivity index is 1.72. The second-order valence-electron chi connectivity index (χ2n) is 9.10. The number of benzene rings is 2. The van der Waals surface area contributed by atoms with Crippen molar-refractivity contribution in [2.75, 3.05) is 19.6 Å². The molecule has 0 radical (unpaired) electrons. The fourth-order valence-electron chi connectivity index (χ4n) is 4.00. The largest absolute Gasteiger partial charge is 0.332 e. The summed E-state index contributed by atoms with van der Waals surface area (Å²) in [6.45, 7) is 4.24. The average molecular weight is 462 g/mol. The molecule has 1 aliphatic heterocycles. The van der Waals surface area contributed by atoms with Gasteiger partial charge >= 0.3 is 0 Å². The van der Waals surface area contributed by atoms with Gasteiger partial charge in [0.25, 0.3) is 5.91 Å². The minimum Gasteiger partial charge on any atom is -0.332 e. The lowest BCUT2D eigenvalue weighted by molar-refractivity contribution is -0.130. The summed E-state index contributed by atoms with van der Waals surface area (Å²) >= 11 is 0. The Labute approximate surface area is 199 Å². The monoisotopic (exact) mass is 461 g/mol. The average Bonchev–Trinajstić information content (AvgIpc) is 3.23. The Morgan fingerprint density at radius 2 is 1.82 bits per heavy atom. The van der Waals surface area contributed by atoms with Crippen LogP contribution in [0.25, 0.3) is 0 Å². The summed E-state index contributed by atoms with van der Waals surface area (Å²) in [6, 6.07) is 19.3. The van der Waals surface area contributed by atoms with E-state index in [1.54, 1.807) is 41.3 Å². The van der Waals surface area contributed by atoms with Crippen molar-refractivity contribution in [1.82, 2.24) is 15.1 Å². The molecule has 2 amide bonds. The molecule has 0 aromatic heterocycles. The van der Waals surface area contributed by atoms with Crippen LogP contribution in [0.3, 0.4) is 0 Å². The third kappa shape index (κ3) is 6.40. The summed E-state index contributed by atoms with van der Waals surface area (Å²) < 4.78 is 13.7. The van der Waals surface area contributed by atoms with Crippen LogP contribution < -0.4 is 5.32 Å². The first-order chi connectivity index (χ1) is 16.2. The molecule has 1 aliphatic rings. The van der Waals surface area contributed by atoms with Gasteiger partial charge in [0.05, 0.1) is 30.8 Å². The highest BCUT2D eigenvalue weighted by Gasteiger charge is 2.36. The van der Waals surface area contributed by atoms with Crippen molar-refractivity contribution in [1.29, 1.82) is 10.5 Å². The van der Waals surface area contributed by atoms with Crippen molar-refractivity contribution >= 4 is 11.8 Å². The Morgan fingerprint density at radius 3 is 2.44 bits per heavy atom. The van der Waals surface area contributed by atoms with E-state index in [1.807, 2.05) is 38.1 Å². The van der Waals surface area contributed by atoms with Gasteiger partial charge in [-0.15, -0.1) is 0 Å². The Morgan fingerprint density at radius 1 is 1.15 bits per heavy atom. The summed E-state index contributed by atoms with van der Waals surface area (Å²) in [5.74, 6) is -0.497. The standard InChI is InChI=1S/C26H28FN5O2/c1-26(2,30-15-24(33)32-17-22(27)12-23(32)14-29)18-31(25(34)21-6-4-3-5-7-21)16-20-10-8-19(13-28)9-11-20/h3-11,22-23,30H,12,15-18H2,1-2H3/t22-,23-/m0/s1. The van der Waals surface area contributed by atoms with Crippen LogP contribution in [0.1, 0.15) is 41.8 Å². The molecule has 2 aromatic carbocycles. The minimum atomic E-state index is -1.19. The maximum absolute atomic E-state index is 13.7. The van der Waals surface area contributed by atoms with Crippen LogP contribution in [0, 0.1) is 22.7 Å². The number of alkyl halides is 1. The van der Waals surface area contributed by atoms with Crippen molar-refractivity contribution in [2.24, 2.45) is 0 Å². The molecule has 3 rings (SSSR count). The van der Waals surface area contributed by atoms with Crippen molar-refractivity contribution < 1.29 is 14.0 Å². The van der Waals surface area contributed by atoms with E-state index in [2.05, 4.69) is 11.4 Å². The number of nitriles is 2. The van der Waals surface area contributed by atoms with Crippen LogP contribution in [0.4, 0.5) is 4.39 Å². The highest BCUT2D eigenvalue weighted by atomic mass is 19.1. The maximum atomic E-state index is 13.7. The van der Waals surface area contributed by atoms with E-state index in [0.717, 1.165) is 5.56 Å². The van der Waals surface area contributed by atoms with Gasteiger partial charge in [-0.1, -0.05) is 30.3 Å². The molecule has 7 nitrogen and oxygen atoms in total. The number of amides is 2. The Kier molecular flexibility index (Phi) is 7.99. The molecule has 0 bridgehead atoms. The predicted molar refractivity (Wildman–Crippen MR) is 125 cm³/mol. The molecule has 1 saturated heterocycles. The lowest BCUT2D eigenvalue weighted by atomic mass is 10.0. The van der Waals surface area contributed by atoms with Crippen molar-refractivity contribution in [3.05, 3.63) is 71.3 Å². The number of carbonyl (C=O) groups excluding carboxylic acids is 2. The molecule has 0 spiro atoms. The molecule has 0 unspecified atom stereocenters. The molecule has 1 fully saturated rings. The second-order valence-corrected chi connectivity index (χ2v) is 9.10. The Bertz CT molecular complexity index is 1090. The van der Waals surface area contributed by atoms with Crippen LogP contribution in [0.5, 0.6) is 0 Å². The molecular weight excluding hydrogens is 433 g/mol. The van der Waals surface area contributed by atoms with Gasteiger partial charge in [-0.3, -0.25) is 9.59 Å². The fourth-order valence-corrected chi connectivity index (χ4v) is 4.00. The first kappa shape index (κ1) is 24.9. The molecule has 8 heteroatoms. The summed E-state index contributed by atoms with van der Waals surface area (Å²) in [5.41, 5.74) is 1.31. The van der Waals surface area contributed by atoms with Crippen molar-refractivity contribution in [3.63, 3.8) is 0 Å². The number of carbonyl (C=O) groups is 2. The topological polar surface area (TPSA) is 100 Å². The molecule has 176 valence electrons. The zero-order valence-corrected chi connectivity index (χ0v) is 19.4. The van der Waals surface area contributed by atoms with Gasteiger partial charge in [0.1, 0.15) is 12.2 Å². The first-order valence-electron chi connectivity index (χ1n) is 11.1. The molecule has 0 aliphatic carbocycles. The van der Waals surface area contributed by atoms with Gasteiger partial charge in [0, 0.05) is 30.6 Å². The number of likely N-dealkylation sites (tertiary alicyclic amines) is 1. The van der Waals surface area contributed by atoms with Crippen LogP contribution >= 0.6 is 0 Å². The Hall–Kier alpha value is -3.75. The quantitative estimate of drug-likeness (QED) is 0.651. The van der Waals surface area contributed by atoms with Gasteiger partial charge in [-0.05, 0) is 43.7 Å². The molecule has 1 heterocycles. The lowest BCUT2D eigenvalue weighted by Crippen LogP contribution is -2.53. The zero-order valence-electron chi connectivity index (χ0n) is 19.4. The van der Waals surface area contributed by atoms with E-state index in [0.29, 0.717) is 24.2 Å². The number of nitrogens with zero attached hydrogens (tertiary/aromatic N) is 4. The minimum absolute atomic E-state index is 0.0373. The van der Waals surface area contributed by atoms with Crippen LogP contribution in [-0.2, 0) is 11.3 Å². The van der Waals surface area contributed by atoms with Gasteiger partial charge in [-0.25, -0.2) is 4.39 Å². The van der Waals surface area contributed by atoms with Gasteiger partial charge < -0.3 is 15.1 Å². The highest BCUT2D eigenvalue weighted by molar-refractivity contribution is 5.94. The van der Waals surface area contributed by atoms with Crippen molar-refractivity contribution in [3.8, 4) is 12.1 Å². The summed E-state index contributed by atoms with van der Waals surface area (Å²) in [5, 5.41) is 21.4. The number of hydrogen-bond donors (Lipinski definition) is 1. The van der Waals surface area contributed by atoms with E-state index in [-0.39, 0.29) is 31.3 Å². The van der Waals surface area contributed by atoms with E-state index in [4.69, 9.17) is 5.26 Å².